The molecule has 4 heteroatoms. The highest BCUT2D eigenvalue weighted by Crippen LogP contribution is 2.24. The summed E-state index contributed by atoms with van der Waals surface area (Å²) < 4.78 is 13.3. The SMILES string of the molecule is CC(C)(C)SCC(Cc1cccc(F)c1)NN. The van der Waals surface area contributed by atoms with Crippen LogP contribution in [0.3, 0.4) is 0 Å². The molecular formula is C13H21FN2S. The largest absolute Gasteiger partial charge is 0.271 e. The standard InChI is InChI=1S/C13H21FN2S/c1-13(2,3)17-9-12(16-15)8-10-5-4-6-11(14)7-10/h4-7,12,16H,8-9,15H2,1-3H3. The minimum Gasteiger partial charge on any atom is -0.271 e. The van der Waals surface area contributed by atoms with Gasteiger partial charge in [0.2, 0.25) is 0 Å². The van der Waals surface area contributed by atoms with Gasteiger partial charge in [0.1, 0.15) is 5.82 Å². The number of halogens is 1. The van der Waals surface area contributed by atoms with Gasteiger partial charge in [0, 0.05) is 16.5 Å². The fourth-order valence-electron chi connectivity index (χ4n) is 1.47. The molecule has 0 heterocycles. The molecule has 0 fully saturated rings. The summed E-state index contributed by atoms with van der Waals surface area (Å²) in [6.07, 6.45) is 0.747. The molecule has 0 aromatic heterocycles. The second-order valence-electron chi connectivity index (χ2n) is 5.12. The second kappa shape index (κ2) is 6.38. The Morgan fingerprint density at radius 3 is 2.65 bits per heavy atom. The first kappa shape index (κ1) is 14.5. The number of hydrogen-bond acceptors (Lipinski definition) is 3. The molecule has 1 aromatic carbocycles. The number of rotatable bonds is 5. The Labute approximate surface area is 107 Å². The van der Waals surface area contributed by atoms with E-state index < -0.39 is 0 Å². The molecule has 1 rings (SSSR count). The van der Waals surface area contributed by atoms with Crippen molar-refractivity contribution in [2.75, 3.05) is 5.75 Å². The van der Waals surface area contributed by atoms with E-state index in [0.29, 0.717) is 0 Å². The van der Waals surface area contributed by atoms with Crippen LogP contribution >= 0.6 is 11.8 Å². The van der Waals surface area contributed by atoms with Crippen molar-refractivity contribution in [3.63, 3.8) is 0 Å². The van der Waals surface area contributed by atoms with Gasteiger partial charge < -0.3 is 0 Å². The van der Waals surface area contributed by atoms with Crippen LogP contribution in [0.5, 0.6) is 0 Å². The van der Waals surface area contributed by atoms with Crippen LogP contribution in [0.15, 0.2) is 24.3 Å². The molecule has 0 saturated carbocycles. The summed E-state index contributed by atoms with van der Waals surface area (Å²) in [6.45, 7) is 6.52. The molecule has 0 radical (unpaired) electrons. The van der Waals surface area contributed by atoms with E-state index in [2.05, 4.69) is 26.2 Å². The predicted octanol–water partition coefficient (Wildman–Crippen LogP) is 2.73. The number of hydrogen-bond donors (Lipinski definition) is 2. The van der Waals surface area contributed by atoms with Crippen LogP contribution in [-0.4, -0.2) is 16.5 Å². The summed E-state index contributed by atoms with van der Waals surface area (Å²) in [5, 5.41) is 0. The molecule has 0 aliphatic rings. The molecule has 96 valence electrons. The number of benzene rings is 1. The van der Waals surface area contributed by atoms with Crippen molar-refractivity contribution in [1.29, 1.82) is 0 Å². The van der Waals surface area contributed by atoms with E-state index in [4.69, 9.17) is 5.84 Å². The molecule has 17 heavy (non-hydrogen) atoms. The Hall–Kier alpha value is -0.580. The third-order valence-corrected chi connectivity index (χ3v) is 3.76. The van der Waals surface area contributed by atoms with Gasteiger partial charge in [-0.05, 0) is 24.1 Å². The number of nitrogens with one attached hydrogen (secondary N) is 1. The van der Waals surface area contributed by atoms with Crippen LogP contribution in [0.4, 0.5) is 4.39 Å². The molecule has 0 amide bonds. The van der Waals surface area contributed by atoms with Gasteiger partial charge in [-0.2, -0.15) is 11.8 Å². The zero-order chi connectivity index (χ0) is 12.9. The van der Waals surface area contributed by atoms with Crippen LogP contribution in [0.1, 0.15) is 26.3 Å². The first-order valence-electron chi connectivity index (χ1n) is 5.75. The number of thioether (sulfide) groups is 1. The zero-order valence-electron chi connectivity index (χ0n) is 10.7. The monoisotopic (exact) mass is 256 g/mol. The van der Waals surface area contributed by atoms with Crippen molar-refractivity contribution in [3.05, 3.63) is 35.6 Å². The summed E-state index contributed by atoms with van der Waals surface area (Å²) in [7, 11) is 0. The smallest absolute Gasteiger partial charge is 0.123 e. The van der Waals surface area contributed by atoms with Gasteiger partial charge in [-0.1, -0.05) is 32.9 Å². The van der Waals surface area contributed by atoms with E-state index in [1.807, 2.05) is 17.8 Å². The molecule has 1 aromatic rings. The van der Waals surface area contributed by atoms with Crippen molar-refractivity contribution in [2.24, 2.45) is 5.84 Å². The van der Waals surface area contributed by atoms with E-state index >= 15 is 0 Å². The topological polar surface area (TPSA) is 38.0 Å². The lowest BCUT2D eigenvalue weighted by atomic mass is 10.1. The molecule has 0 aliphatic heterocycles. The lowest BCUT2D eigenvalue weighted by Crippen LogP contribution is -2.39. The van der Waals surface area contributed by atoms with Gasteiger partial charge in [0.15, 0.2) is 0 Å². The van der Waals surface area contributed by atoms with E-state index in [0.717, 1.165) is 17.7 Å². The summed E-state index contributed by atoms with van der Waals surface area (Å²) >= 11 is 1.85. The number of hydrazine groups is 1. The third kappa shape index (κ3) is 6.05. The molecule has 2 nitrogen and oxygen atoms in total. The van der Waals surface area contributed by atoms with E-state index in [9.17, 15) is 4.39 Å². The first-order valence-corrected chi connectivity index (χ1v) is 6.74. The molecule has 0 bridgehead atoms. The minimum atomic E-state index is -0.193. The second-order valence-corrected chi connectivity index (χ2v) is 6.97. The van der Waals surface area contributed by atoms with Crippen molar-refractivity contribution in [3.8, 4) is 0 Å². The van der Waals surface area contributed by atoms with Crippen molar-refractivity contribution in [2.45, 2.75) is 38.0 Å². The molecule has 0 aliphatic carbocycles. The van der Waals surface area contributed by atoms with Crippen LogP contribution in [0, 0.1) is 5.82 Å². The lowest BCUT2D eigenvalue weighted by molar-refractivity contribution is 0.568. The van der Waals surface area contributed by atoms with Crippen molar-refractivity contribution in [1.82, 2.24) is 5.43 Å². The van der Waals surface area contributed by atoms with Gasteiger partial charge in [0.05, 0.1) is 0 Å². The lowest BCUT2D eigenvalue weighted by Gasteiger charge is -2.22. The fourth-order valence-corrected chi connectivity index (χ4v) is 2.38. The highest BCUT2D eigenvalue weighted by atomic mass is 32.2. The average Bonchev–Trinajstić information content (AvgIpc) is 2.23. The molecule has 3 N–H and O–H groups in total. The zero-order valence-corrected chi connectivity index (χ0v) is 11.5. The van der Waals surface area contributed by atoms with E-state index in [1.54, 1.807) is 12.1 Å². The number of nitrogens with two attached hydrogens (primary N) is 1. The summed E-state index contributed by atoms with van der Waals surface area (Å²) in [4.78, 5) is 0. The molecule has 1 atom stereocenters. The summed E-state index contributed by atoms with van der Waals surface area (Å²) in [5.41, 5.74) is 3.77. The highest BCUT2D eigenvalue weighted by molar-refractivity contribution is 8.00. The molecule has 1 unspecified atom stereocenters. The summed E-state index contributed by atoms with van der Waals surface area (Å²) in [6, 6.07) is 6.84. The Morgan fingerprint density at radius 1 is 1.41 bits per heavy atom. The van der Waals surface area contributed by atoms with E-state index in [1.165, 1.54) is 6.07 Å². The van der Waals surface area contributed by atoms with Gasteiger partial charge in [-0.15, -0.1) is 0 Å². The predicted molar refractivity (Wildman–Crippen MR) is 73.4 cm³/mol. The Bertz CT molecular complexity index is 350. The quantitative estimate of drug-likeness (QED) is 0.628. The third-order valence-electron chi connectivity index (χ3n) is 2.32. The average molecular weight is 256 g/mol. The van der Waals surface area contributed by atoms with E-state index in [-0.39, 0.29) is 16.6 Å². The fraction of sp³-hybridized carbons (Fsp3) is 0.538. The Morgan fingerprint density at radius 2 is 2.12 bits per heavy atom. The van der Waals surface area contributed by atoms with Gasteiger partial charge in [-0.25, -0.2) is 4.39 Å². The van der Waals surface area contributed by atoms with Crippen LogP contribution in [-0.2, 0) is 6.42 Å². The van der Waals surface area contributed by atoms with Crippen molar-refractivity contribution < 1.29 is 4.39 Å². The first-order chi connectivity index (χ1) is 7.90. The normalized spacial score (nSPS) is 13.7. The van der Waals surface area contributed by atoms with Crippen molar-refractivity contribution >= 4 is 11.8 Å². The molecule has 0 saturated heterocycles. The van der Waals surface area contributed by atoms with Crippen LogP contribution in [0.2, 0.25) is 0 Å². The molecular weight excluding hydrogens is 235 g/mol. The summed E-state index contributed by atoms with van der Waals surface area (Å²) in [5.74, 6) is 6.25. The maximum atomic E-state index is 13.0. The Kier molecular flexibility index (Phi) is 5.43. The van der Waals surface area contributed by atoms with Gasteiger partial charge in [0.25, 0.3) is 0 Å². The molecule has 0 spiro atoms. The van der Waals surface area contributed by atoms with Gasteiger partial charge >= 0.3 is 0 Å². The highest BCUT2D eigenvalue weighted by Gasteiger charge is 2.15. The van der Waals surface area contributed by atoms with Crippen LogP contribution in [0.25, 0.3) is 0 Å². The minimum absolute atomic E-state index is 0.168. The van der Waals surface area contributed by atoms with Crippen LogP contribution < -0.4 is 11.3 Å². The van der Waals surface area contributed by atoms with Gasteiger partial charge in [-0.3, -0.25) is 11.3 Å². The maximum Gasteiger partial charge on any atom is 0.123 e. The maximum absolute atomic E-state index is 13.0. The Balaban J connectivity index is 2.52.